The SMILES string of the molecule is CCCCOCCNC(=NC)NCc1coc(-c2ccc(C)cc2)n1. The van der Waals surface area contributed by atoms with Crippen molar-refractivity contribution < 1.29 is 9.15 Å². The summed E-state index contributed by atoms with van der Waals surface area (Å²) >= 11 is 0. The van der Waals surface area contributed by atoms with Crippen molar-refractivity contribution in [2.24, 2.45) is 4.99 Å². The van der Waals surface area contributed by atoms with Gasteiger partial charge in [-0.25, -0.2) is 4.98 Å². The normalized spacial score (nSPS) is 11.6. The summed E-state index contributed by atoms with van der Waals surface area (Å²) in [7, 11) is 1.74. The van der Waals surface area contributed by atoms with Crippen LogP contribution in [-0.4, -0.2) is 37.7 Å². The number of aromatic nitrogens is 1. The number of nitrogens with one attached hydrogen (secondary N) is 2. The van der Waals surface area contributed by atoms with E-state index in [1.807, 2.05) is 24.3 Å². The van der Waals surface area contributed by atoms with E-state index in [9.17, 15) is 0 Å². The predicted molar refractivity (Wildman–Crippen MR) is 101 cm³/mol. The standard InChI is InChI=1S/C19H28N4O2/c1-4-5-11-24-12-10-21-19(20-3)22-13-17-14-25-18(23-17)16-8-6-15(2)7-9-16/h6-9,14H,4-5,10-13H2,1-3H3,(H2,20,21,22). The van der Waals surface area contributed by atoms with Gasteiger partial charge < -0.3 is 19.8 Å². The minimum absolute atomic E-state index is 0.547. The summed E-state index contributed by atoms with van der Waals surface area (Å²) in [6.07, 6.45) is 3.92. The number of aryl methyl sites for hydroxylation is 1. The van der Waals surface area contributed by atoms with Crippen LogP contribution in [0.2, 0.25) is 0 Å². The van der Waals surface area contributed by atoms with Crippen LogP contribution in [0.5, 0.6) is 0 Å². The zero-order valence-electron chi connectivity index (χ0n) is 15.3. The highest BCUT2D eigenvalue weighted by molar-refractivity contribution is 5.79. The van der Waals surface area contributed by atoms with Gasteiger partial charge in [-0.2, -0.15) is 0 Å². The molecule has 2 rings (SSSR count). The van der Waals surface area contributed by atoms with Gasteiger partial charge in [0.15, 0.2) is 5.96 Å². The molecule has 136 valence electrons. The summed E-state index contributed by atoms with van der Waals surface area (Å²) in [5.41, 5.74) is 3.02. The Bertz CT molecular complexity index is 650. The monoisotopic (exact) mass is 344 g/mol. The molecule has 0 aliphatic carbocycles. The van der Waals surface area contributed by atoms with Crippen LogP contribution in [0.1, 0.15) is 31.0 Å². The molecule has 1 heterocycles. The van der Waals surface area contributed by atoms with E-state index < -0.39 is 0 Å². The van der Waals surface area contributed by atoms with Crippen LogP contribution in [0.3, 0.4) is 0 Å². The molecule has 0 saturated heterocycles. The molecule has 0 radical (unpaired) electrons. The minimum atomic E-state index is 0.547. The summed E-state index contributed by atoms with van der Waals surface area (Å²) in [6, 6.07) is 8.12. The topological polar surface area (TPSA) is 71.7 Å². The first-order valence-corrected chi connectivity index (χ1v) is 8.76. The van der Waals surface area contributed by atoms with E-state index in [0.717, 1.165) is 43.2 Å². The highest BCUT2D eigenvalue weighted by Gasteiger charge is 2.07. The lowest BCUT2D eigenvalue weighted by molar-refractivity contribution is 0.136. The second-order valence-electron chi connectivity index (χ2n) is 5.83. The zero-order chi connectivity index (χ0) is 17.9. The number of oxazole rings is 1. The maximum Gasteiger partial charge on any atom is 0.226 e. The van der Waals surface area contributed by atoms with Gasteiger partial charge in [0.05, 0.1) is 18.8 Å². The third-order valence-corrected chi connectivity index (χ3v) is 3.69. The van der Waals surface area contributed by atoms with Crippen molar-refractivity contribution in [2.75, 3.05) is 26.8 Å². The molecule has 6 heteroatoms. The summed E-state index contributed by atoms with van der Waals surface area (Å²) in [5.74, 6) is 1.35. The first-order valence-electron chi connectivity index (χ1n) is 8.76. The fraction of sp³-hybridized carbons (Fsp3) is 0.474. The van der Waals surface area contributed by atoms with Crippen molar-refractivity contribution >= 4 is 5.96 Å². The number of hydrogen-bond donors (Lipinski definition) is 2. The molecular formula is C19H28N4O2. The largest absolute Gasteiger partial charge is 0.444 e. The Hall–Kier alpha value is -2.34. The first kappa shape index (κ1) is 19.0. The second-order valence-corrected chi connectivity index (χ2v) is 5.83. The molecule has 0 atom stereocenters. The average molecular weight is 344 g/mol. The lowest BCUT2D eigenvalue weighted by Crippen LogP contribution is -2.38. The molecule has 0 fully saturated rings. The van der Waals surface area contributed by atoms with E-state index in [2.05, 4.69) is 34.5 Å². The van der Waals surface area contributed by atoms with Crippen molar-refractivity contribution in [1.82, 2.24) is 15.6 Å². The molecule has 0 amide bonds. The molecule has 0 unspecified atom stereocenters. The first-order chi connectivity index (χ1) is 12.2. The van der Waals surface area contributed by atoms with Gasteiger partial charge in [0.25, 0.3) is 0 Å². The van der Waals surface area contributed by atoms with E-state index in [4.69, 9.17) is 9.15 Å². The Morgan fingerprint density at radius 1 is 1.20 bits per heavy atom. The Kier molecular flexibility index (Phi) is 7.98. The number of rotatable bonds is 9. The van der Waals surface area contributed by atoms with Crippen LogP contribution in [-0.2, 0) is 11.3 Å². The van der Waals surface area contributed by atoms with Gasteiger partial charge in [-0.1, -0.05) is 31.0 Å². The van der Waals surface area contributed by atoms with Crippen LogP contribution in [0.25, 0.3) is 11.5 Å². The van der Waals surface area contributed by atoms with Crippen LogP contribution in [0.15, 0.2) is 39.9 Å². The molecule has 1 aromatic carbocycles. The molecule has 1 aromatic heterocycles. The van der Waals surface area contributed by atoms with Crippen LogP contribution >= 0.6 is 0 Å². The van der Waals surface area contributed by atoms with E-state index in [-0.39, 0.29) is 0 Å². The van der Waals surface area contributed by atoms with Gasteiger partial charge in [-0.05, 0) is 25.5 Å². The van der Waals surface area contributed by atoms with Crippen molar-refractivity contribution in [1.29, 1.82) is 0 Å². The van der Waals surface area contributed by atoms with E-state index in [1.165, 1.54) is 5.56 Å². The molecule has 2 aromatic rings. The summed E-state index contributed by atoms with van der Waals surface area (Å²) in [4.78, 5) is 8.70. The van der Waals surface area contributed by atoms with Crippen molar-refractivity contribution in [3.05, 3.63) is 41.8 Å². The second kappa shape index (κ2) is 10.5. The van der Waals surface area contributed by atoms with E-state index in [1.54, 1.807) is 13.3 Å². The van der Waals surface area contributed by atoms with E-state index >= 15 is 0 Å². The third kappa shape index (κ3) is 6.58. The van der Waals surface area contributed by atoms with Gasteiger partial charge in [-0.3, -0.25) is 4.99 Å². The number of benzene rings is 1. The summed E-state index contributed by atoms with van der Waals surface area (Å²) in [6.45, 7) is 6.96. The third-order valence-electron chi connectivity index (χ3n) is 3.69. The Balaban J connectivity index is 1.75. The fourth-order valence-electron chi connectivity index (χ4n) is 2.20. The fourth-order valence-corrected chi connectivity index (χ4v) is 2.20. The van der Waals surface area contributed by atoms with Crippen LogP contribution in [0.4, 0.5) is 0 Å². The average Bonchev–Trinajstić information content (AvgIpc) is 3.10. The molecule has 0 saturated carbocycles. The lowest BCUT2D eigenvalue weighted by Gasteiger charge is -2.10. The number of guanidine groups is 1. The summed E-state index contributed by atoms with van der Waals surface area (Å²) in [5, 5.41) is 6.44. The van der Waals surface area contributed by atoms with Crippen LogP contribution < -0.4 is 10.6 Å². The Morgan fingerprint density at radius 3 is 2.72 bits per heavy atom. The molecule has 2 N–H and O–H groups in total. The molecular weight excluding hydrogens is 316 g/mol. The lowest BCUT2D eigenvalue weighted by atomic mass is 10.1. The Morgan fingerprint density at radius 2 is 2.00 bits per heavy atom. The van der Waals surface area contributed by atoms with Gasteiger partial charge >= 0.3 is 0 Å². The highest BCUT2D eigenvalue weighted by atomic mass is 16.5. The predicted octanol–water partition coefficient (Wildman–Crippen LogP) is 3.13. The number of aliphatic imine (C=N–C) groups is 1. The molecule has 0 bridgehead atoms. The van der Waals surface area contributed by atoms with Crippen molar-refractivity contribution in [3.63, 3.8) is 0 Å². The molecule has 6 nitrogen and oxygen atoms in total. The van der Waals surface area contributed by atoms with Crippen molar-refractivity contribution in [2.45, 2.75) is 33.2 Å². The highest BCUT2D eigenvalue weighted by Crippen LogP contribution is 2.18. The van der Waals surface area contributed by atoms with Gasteiger partial charge in [0.2, 0.25) is 5.89 Å². The smallest absolute Gasteiger partial charge is 0.226 e. The number of nitrogens with zero attached hydrogens (tertiary/aromatic N) is 2. The molecule has 0 spiro atoms. The molecule has 25 heavy (non-hydrogen) atoms. The quantitative estimate of drug-likeness (QED) is 0.415. The molecule has 0 aliphatic rings. The van der Waals surface area contributed by atoms with Gasteiger partial charge in [-0.15, -0.1) is 0 Å². The zero-order valence-corrected chi connectivity index (χ0v) is 15.3. The summed E-state index contributed by atoms with van der Waals surface area (Å²) < 4.78 is 11.1. The number of ether oxygens (including phenoxy) is 1. The minimum Gasteiger partial charge on any atom is -0.444 e. The Labute approximate surface area is 149 Å². The number of hydrogen-bond acceptors (Lipinski definition) is 4. The van der Waals surface area contributed by atoms with Gasteiger partial charge in [0, 0.05) is 25.8 Å². The van der Waals surface area contributed by atoms with Crippen LogP contribution in [0, 0.1) is 6.92 Å². The van der Waals surface area contributed by atoms with E-state index in [0.29, 0.717) is 19.0 Å². The maximum atomic E-state index is 5.56. The molecule has 0 aliphatic heterocycles. The van der Waals surface area contributed by atoms with Crippen molar-refractivity contribution in [3.8, 4) is 11.5 Å². The number of unbranched alkanes of at least 4 members (excludes halogenated alkanes) is 1. The van der Waals surface area contributed by atoms with Gasteiger partial charge in [0.1, 0.15) is 6.26 Å². The maximum absolute atomic E-state index is 5.56.